The van der Waals surface area contributed by atoms with E-state index in [4.69, 9.17) is 4.42 Å². The molecule has 0 bridgehead atoms. The van der Waals surface area contributed by atoms with Gasteiger partial charge in [0.25, 0.3) is 0 Å². The van der Waals surface area contributed by atoms with E-state index < -0.39 is 0 Å². The lowest BCUT2D eigenvalue weighted by Crippen LogP contribution is -1.92. The van der Waals surface area contributed by atoms with Crippen molar-refractivity contribution in [3.63, 3.8) is 0 Å². The number of hydrogen-bond acceptors (Lipinski definition) is 1. The van der Waals surface area contributed by atoms with E-state index in [1.165, 1.54) is 81.9 Å². The van der Waals surface area contributed by atoms with Crippen molar-refractivity contribution in [1.29, 1.82) is 0 Å². The molecule has 11 aromatic rings. The van der Waals surface area contributed by atoms with Crippen LogP contribution in [0.25, 0.3) is 109 Å². The fourth-order valence-corrected chi connectivity index (χ4v) is 8.68. The Morgan fingerprint density at radius 3 is 1.45 bits per heavy atom. The van der Waals surface area contributed by atoms with Gasteiger partial charge in [-0.15, -0.1) is 0 Å². The predicted molar refractivity (Wildman–Crippen MR) is 218 cm³/mol. The van der Waals surface area contributed by atoms with Gasteiger partial charge >= 0.3 is 0 Å². The number of fused-ring (bicyclic) bond motifs is 10. The summed E-state index contributed by atoms with van der Waals surface area (Å²) in [5.74, 6) is 0. The normalized spacial score (nSPS) is 11.9. The van der Waals surface area contributed by atoms with Crippen LogP contribution in [0.3, 0.4) is 0 Å². The van der Waals surface area contributed by atoms with E-state index in [1.807, 2.05) is 0 Å². The van der Waals surface area contributed by atoms with Crippen molar-refractivity contribution in [3.05, 3.63) is 182 Å². The van der Waals surface area contributed by atoms with Gasteiger partial charge in [-0.2, -0.15) is 0 Å². The van der Waals surface area contributed by atoms with Gasteiger partial charge in [0.1, 0.15) is 11.2 Å². The molecule has 0 unspecified atom stereocenters. The van der Waals surface area contributed by atoms with E-state index >= 15 is 0 Å². The average Bonchev–Trinajstić information content (AvgIpc) is 3.60. The summed E-state index contributed by atoms with van der Waals surface area (Å²) in [6, 6.07) is 66.2. The minimum Gasteiger partial charge on any atom is -0.455 e. The molecule has 1 nitrogen and oxygen atoms in total. The van der Waals surface area contributed by atoms with Crippen LogP contribution in [0.5, 0.6) is 0 Å². The van der Waals surface area contributed by atoms with Crippen LogP contribution in [-0.2, 0) is 0 Å². The van der Waals surface area contributed by atoms with Gasteiger partial charge in [0.05, 0.1) is 0 Å². The summed E-state index contributed by atoms with van der Waals surface area (Å²) >= 11 is 0. The smallest absolute Gasteiger partial charge is 0.143 e. The monoisotopic (exact) mass is 646 g/mol. The molecule has 11 rings (SSSR count). The van der Waals surface area contributed by atoms with Crippen LogP contribution in [0.4, 0.5) is 0 Å². The molecule has 0 saturated heterocycles. The molecule has 1 heterocycles. The highest BCUT2D eigenvalue weighted by atomic mass is 16.3. The van der Waals surface area contributed by atoms with Gasteiger partial charge < -0.3 is 4.42 Å². The highest BCUT2D eigenvalue weighted by Crippen LogP contribution is 2.49. The molecule has 1 aromatic heterocycles. The van der Waals surface area contributed by atoms with Crippen molar-refractivity contribution in [2.45, 2.75) is 0 Å². The lowest BCUT2D eigenvalue weighted by Gasteiger charge is -2.19. The fourth-order valence-electron chi connectivity index (χ4n) is 8.68. The van der Waals surface area contributed by atoms with Crippen molar-refractivity contribution < 1.29 is 4.42 Å². The third kappa shape index (κ3) is 4.09. The van der Waals surface area contributed by atoms with E-state index in [-0.39, 0.29) is 0 Å². The maximum atomic E-state index is 6.66. The van der Waals surface area contributed by atoms with Crippen molar-refractivity contribution in [1.82, 2.24) is 0 Å². The van der Waals surface area contributed by atoms with Crippen molar-refractivity contribution in [3.8, 4) is 33.4 Å². The van der Waals surface area contributed by atoms with Crippen LogP contribution in [0, 0.1) is 0 Å². The minimum absolute atomic E-state index is 0.909. The molecule has 0 fully saturated rings. The fraction of sp³-hybridized carbons (Fsp3) is 0. The number of hydrogen-bond donors (Lipinski definition) is 0. The topological polar surface area (TPSA) is 13.1 Å². The Morgan fingerprint density at radius 1 is 0.275 bits per heavy atom. The van der Waals surface area contributed by atoms with Gasteiger partial charge in [-0.05, 0) is 94.0 Å². The van der Waals surface area contributed by atoms with E-state index in [0.717, 1.165) is 27.3 Å². The Bertz CT molecular complexity index is 3130. The van der Waals surface area contributed by atoms with E-state index in [9.17, 15) is 0 Å². The molecule has 10 aromatic carbocycles. The van der Waals surface area contributed by atoms with Crippen molar-refractivity contribution >= 4 is 75.8 Å². The van der Waals surface area contributed by atoms with Crippen LogP contribution < -0.4 is 0 Å². The number of benzene rings is 10. The van der Waals surface area contributed by atoms with Gasteiger partial charge in [-0.1, -0.05) is 170 Å². The van der Waals surface area contributed by atoms with E-state index in [0.29, 0.717) is 0 Å². The Labute approximate surface area is 294 Å². The zero-order chi connectivity index (χ0) is 33.5. The molecule has 1 heteroatoms. The zero-order valence-electron chi connectivity index (χ0n) is 27.7. The molecule has 0 N–H and O–H groups in total. The molecule has 51 heavy (non-hydrogen) atoms. The van der Waals surface area contributed by atoms with Crippen LogP contribution in [0.15, 0.2) is 186 Å². The maximum Gasteiger partial charge on any atom is 0.143 e. The highest BCUT2D eigenvalue weighted by Gasteiger charge is 2.22. The molecule has 0 atom stereocenters. The van der Waals surface area contributed by atoms with Crippen molar-refractivity contribution in [2.24, 2.45) is 0 Å². The first kappa shape index (κ1) is 28.2. The van der Waals surface area contributed by atoms with E-state index in [1.54, 1.807) is 0 Å². The van der Waals surface area contributed by atoms with Crippen molar-refractivity contribution in [2.75, 3.05) is 0 Å². The Kier molecular flexibility index (Phi) is 6.02. The van der Waals surface area contributed by atoms with Crippen LogP contribution in [-0.4, -0.2) is 0 Å². The summed E-state index contributed by atoms with van der Waals surface area (Å²) < 4.78 is 6.66. The molecule has 0 aliphatic carbocycles. The second kappa shape index (κ2) is 10.9. The second-order valence-corrected chi connectivity index (χ2v) is 13.5. The zero-order valence-corrected chi connectivity index (χ0v) is 27.7. The van der Waals surface area contributed by atoms with Gasteiger partial charge in [0, 0.05) is 16.2 Å². The number of rotatable bonds is 3. The van der Waals surface area contributed by atoms with E-state index in [2.05, 4.69) is 182 Å². The van der Waals surface area contributed by atoms with Gasteiger partial charge in [0.2, 0.25) is 0 Å². The van der Waals surface area contributed by atoms with Gasteiger partial charge in [-0.25, -0.2) is 0 Å². The van der Waals surface area contributed by atoms with Crippen LogP contribution in [0.2, 0.25) is 0 Å². The predicted octanol–water partition coefficient (Wildman–Crippen LogP) is 14.4. The second-order valence-electron chi connectivity index (χ2n) is 13.5. The van der Waals surface area contributed by atoms with Crippen LogP contribution in [0.1, 0.15) is 0 Å². The molecule has 0 aliphatic rings. The first-order valence-corrected chi connectivity index (χ1v) is 17.6. The Balaban J connectivity index is 1.23. The van der Waals surface area contributed by atoms with Crippen LogP contribution >= 0.6 is 0 Å². The van der Waals surface area contributed by atoms with Gasteiger partial charge in [0.15, 0.2) is 0 Å². The summed E-state index contributed by atoms with van der Waals surface area (Å²) in [5, 5.41) is 14.6. The largest absolute Gasteiger partial charge is 0.455 e. The average molecular weight is 647 g/mol. The first-order chi connectivity index (χ1) is 25.3. The molecular weight excluding hydrogens is 617 g/mol. The quantitative estimate of drug-likeness (QED) is 0.138. The summed E-state index contributed by atoms with van der Waals surface area (Å²) in [7, 11) is 0. The molecule has 0 amide bonds. The third-order valence-electron chi connectivity index (χ3n) is 10.9. The summed E-state index contributed by atoms with van der Waals surface area (Å²) in [6.07, 6.45) is 0. The Hall–Kier alpha value is -6.70. The van der Waals surface area contributed by atoms with Gasteiger partial charge in [-0.3, -0.25) is 0 Å². The molecule has 0 saturated carbocycles. The minimum atomic E-state index is 0.909. The SMILES string of the molecule is c1ccc(-c2cccc3c2ccc2c(-c4c5ccccc5c(-c5cccc6oc7c8ccccc8ccc7c56)c5ccccc45)cccc23)cc1. The molecular formula is C50H30O. The molecule has 0 spiro atoms. The lowest BCUT2D eigenvalue weighted by atomic mass is 9.83. The summed E-state index contributed by atoms with van der Waals surface area (Å²) in [5.41, 5.74) is 9.30. The highest BCUT2D eigenvalue weighted by molar-refractivity contribution is 6.28. The molecule has 0 aliphatic heterocycles. The molecule has 0 radical (unpaired) electrons. The summed E-state index contributed by atoms with van der Waals surface area (Å²) in [4.78, 5) is 0. The maximum absolute atomic E-state index is 6.66. The molecule has 236 valence electrons. The lowest BCUT2D eigenvalue weighted by molar-refractivity contribution is 0.673. The Morgan fingerprint density at radius 2 is 0.765 bits per heavy atom. The third-order valence-corrected chi connectivity index (χ3v) is 10.9. The standard InChI is InChI=1S/C50H30O/c1-2-13-31(14-3-1)33-21-10-22-35-36-23-11-24-39(38(36)30-29-37(33)35)47-40-17-6-8-19-42(40)48(43-20-9-7-18-41(43)47)44-25-12-26-46-49(44)45-28-27-32-15-4-5-16-34(32)50(45)51-46/h1-30H. The first-order valence-electron chi connectivity index (χ1n) is 17.6. The summed E-state index contributed by atoms with van der Waals surface area (Å²) in [6.45, 7) is 0. The number of furan rings is 1.